The van der Waals surface area contributed by atoms with Crippen molar-refractivity contribution in [3.63, 3.8) is 0 Å². The molecule has 0 saturated heterocycles. The van der Waals surface area contributed by atoms with E-state index in [1.807, 2.05) is 55.5 Å². The van der Waals surface area contributed by atoms with E-state index in [2.05, 4.69) is 13.8 Å². The summed E-state index contributed by atoms with van der Waals surface area (Å²) in [5.41, 5.74) is 2.02. The van der Waals surface area contributed by atoms with Gasteiger partial charge >= 0.3 is 5.97 Å². The van der Waals surface area contributed by atoms with Gasteiger partial charge in [0.05, 0.1) is 6.10 Å². The number of esters is 1. The minimum Gasteiger partial charge on any atom is -0.491 e. The monoisotopic (exact) mass is 416 g/mol. The summed E-state index contributed by atoms with van der Waals surface area (Å²) in [5.74, 6) is 0.937. The summed E-state index contributed by atoms with van der Waals surface area (Å²) in [6.45, 7) is 7.75. The maximum absolute atomic E-state index is 10.8. The molecule has 0 fully saturated rings. The number of rotatable bonds is 11. The molecule has 0 aliphatic carbocycles. The molecule has 2 aromatic carbocycles. The lowest BCUT2D eigenvalue weighted by Gasteiger charge is -2.26. The van der Waals surface area contributed by atoms with Crippen LogP contribution in [0.15, 0.2) is 48.5 Å². The van der Waals surface area contributed by atoms with Gasteiger partial charge in [0.15, 0.2) is 0 Å². The lowest BCUT2D eigenvalue weighted by atomic mass is 9.78. The zero-order valence-corrected chi connectivity index (χ0v) is 18.1. The second kappa shape index (κ2) is 11.0. The normalized spacial score (nSPS) is 13.4. The Balaban J connectivity index is 1.96. The lowest BCUT2D eigenvalue weighted by Crippen LogP contribution is -2.24. The molecule has 164 valence electrons. The van der Waals surface area contributed by atoms with Gasteiger partial charge in [0.25, 0.3) is 0 Å². The fourth-order valence-corrected chi connectivity index (χ4v) is 2.87. The molecule has 2 rings (SSSR count). The Bertz CT molecular complexity index is 782. The van der Waals surface area contributed by atoms with E-state index in [4.69, 9.17) is 14.2 Å². The molecule has 6 nitrogen and oxygen atoms in total. The molecule has 0 bridgehead atoms. The van der Waals surface area contributed by atoms with Crippen molar-refractivity contribution in [2.45, 2.75) is 51.7 Å². The Kier molecular flexibility index (Phi) is 8.69. The molecule has 0 heterocycles. The zero-order chi connectivity index (χ0) is 22.1. The fraction of sp³-hybridized carbons (Fsp3) is 0.458. The summed E-state index contributed by atoms with van der Waals surface area (Å²) in [4.78, 5) is 10.8. The number of hydrogen-bond acceptors (Lipinski definition) is 6. The first-order chi connectivity index (χ1) is 14.2. The Hall–Kier alpha value is -2.57. The standard InChI is InChI=1S/C24H32O6/c1-5-20(26)14-29-22-10-6-18(7-11-22)24(3,4)19-8-12-23(13-9-19)30-16-21(27)15-28-17(2)25/h6-13,20-21,26-27H,5,14-16H2,1-4H3/t20-,21-/m0/s1. The van der Waals surface area contributed by atoms with Crippen molar-refractivity contribution in [2.75, 3.05) is 19.8 Å². The van der Waals surface area contributed by atoms with Crippen LogP contribution in [0.4, 0.5) is 0 Å². The van der Waals surface area contributed by atoms with Crippen LogP contribution in [0.1, 0.15) is 45.2 Å². The van der Waals surface area contributed by atoms with E-state index < -0.39 is 18.2 Å². The molecule has 0 amide bonds. The SMILES string of the molecule is CC[C@H](O)COc1ccc(C(C)(C)c2ccc(OC[C@@H](O)COC(C)=O)cc2)cc1. The number of hydrogen-bond donors (Lipinski definition) is 2. The minimum atomic E-state index is -0.871. The highest BCUT2D eigenvalue weighted by Crippen LogP contribution is 2.33. The molecule has 0 spiro atoms. The van der Waals surface area contributed by atoms with Crippen molar-refractivity contribution in [1.82, 2.24) is 0 Å². The molecule has 0 aliphatic rings. The summed E-state index contributed by atoms with van der Waals surface area (Å²) >= 11 is 0. The molecule has 0 aromatic heterocycles. The average molecular weight is 417 g/mol. The van der Waals surface area contributed by atoms with Gasteiger partial charge in [-0.25, -0.2) is 0 Å². The second-order valence-electron chi connectivity index (χ2n) is 7.81. The van der Waals surface area contributed by atoms with Crippen LogP contribution >= 0.6 is 0 Å². The Morgan fingerprint density at radius 3 is 1.67 bits per heavy atom. The smallest absolute Gasteiger partial charge is 0.302 e. The van der Waals surface area contributed by atoms with Crippen LogP contribution in [-0.4, -0.2) is 48.2 Å². The van der Waals surface area contributed by atoms with Crippen LogP contribution in [0, 0.1) is 0 Å². The van der Waals surface area contributed by atoms with Crippen molar-refractivity contribution < 1.29 is 29.2 Å². The number of aliphatic hydroxyl groups excluding tert-OH is 2. The third-order valence-electron chi connectivity index (χ3n) is 4.99. The van der Waals surface area contributed by atoms with Gasteiger partial charge in [-0.15, -0.1) is 0 Å². The van der Waals surface area contributed by atoms with E-state index in [0.29, 0.717) is 12.2 Å². The predicted octanol–water partition coefficient (Wildman–Crippen LogP) is 3.47. The molecule has 6 heteroatoms. The first-order valence-electron chi connectivity index (χ1n) is 10.2. The van der Waals surface area contributed by atoms with Crippen molar-refractivity contribution in [2.24, 2.45) is 0 Å². The maximum atomic E-state index is 10.8. The van der Waals surface area contributed by atoms with Crippen molar-refractivity contribution in [1.29, 1.82) is 0 Å². The van der Waals surface area contributed by atoms with Crippen molar-refractivity contribution in [3.8, 4) is 11.5 Å². The second-order valence-corrected chi connectivity index (χ2v) is 7.81. The number of carbonyl (C=O) groups is 1. The van der Waals surface area contributed by atoms with Gasteiger partial charge in [0, 0.05) is 12.3 Å². The molecule has 0 radical (unpaired) electrons. The van der Waals surface area contributed by atoms with Gasteiger partial charge in [-0.1, -0.05) is 45.0 Å². The summed E-state index contributed by atoms with van der Waals surface area (Å²) in [6.07, 6.45) is -0.662. The van der Waals surface area contributed by atoms with E-state index in [1.165, 1.54) is 6.92 Å². The highest BCUT2D eigenvalue weighted by molar-refractivity contribution is 5.65. The van der Waals surface area contributed by atoms with Gasteiger partial charge in [0.1, 0.15) is 37.4 Å². The Morgan fingerprint density at radius 1 is 0.833 bits per heavy atom. The number of carbonyl (C=O) groups excluding carboxylic acids is 1. The minimum absolute atomic E-state index is 0.0458. The molecule has 2 aromatic rings. The van der Waals surface area contributed by atoms with Crippen molar-refractivity contribution >= 4 is 5.97 Å². The number of benzene rings is 2. The molecule has 0 saturated carbocycles. The van der Waals surface area contributed by atoms with E-state index in [9.17, 15) is 15.0 Å². The third-order valence-corrected chi connectivity index (χ3v) is 4.99. The predicted molar refractivity (Wildman–Crippen MR) is 115 cm³/mol. The Labute approximate surface area is 178 Å². The molecular weight excluding hydrogens is 384 g/mol. The summed E-state index contributed by atoms with van der Waals surface area (Å²) in [5, 5.41) is 19.4. The largest absolute Gasteiger partial charge is 0.491 e. The molecule has 0 unspecified atom stereocenters. The van der Waals surface area contributed by atoms with Gasteiger partial charge in [0.2, 0.25) is 0 Å². The number of aliphatic hydroxyl groups is 2. The molecular formula is C24H32O6. The van der Waals surface area contributed by atoms with Crippen LogP contribution in [0.5, 0.6) is 11.5 Å². The van der Waals surface area contributed by atoms with E-state index >= 15 is 0 Å². The van der Waals surface area contributed by atoms with Crippen LogP contribution in [0.3, 0.4) is 0 Å². The van der Waals surface area contributed by atoms with E-state index in [0.717, 1.165) is 16.9 Å². The number of ether oxygens (including phenoxy) is 3. The third kappa shape index (κ3) is 7.04. The van der Waals surface area contributed by atoms with Gasteiger partial charge < -0.3 is 24.4 Å². The maximum Gasteiger partial charge on any atom is 0.302 e. The highest BCUT2D eigenvalue weighted by atomic mass is 16.5. The quantitative estimate of drug-likeness (QED) is 0.546. The highest BCUT2D eigenvalue weighted by Gasteiger charge is 2.23. The first-order valence-corrected chi connectivity index (χ1v) is 10.2. The Morgan fingerprint density at radius 2 is 1.27 bits per heavy atom. The van der Waals surface area contributed by atoms with Crippen LogP contribution in [0.2, 0.25) is 0 Å². The average Bonchev–Trinajstić information content (AvgIpc) is 2.75. The summed E-state index contributed by atoms with van der Waals surface area (Å²) < 4.78 is 15.9. The fourth-order valence-electron chi connectivity index (χ4n) is 2.87. The van der Waals surface area contributed by atoms with Gasteiger partial charge in [-0.2, -0.15) is 0 Å². The molecule has 2 N–H and O–H groups in total. The van der Waals surface area contributed by atoms with E-state index in [1.54, 1.807) is 0 Å². The lowest BCUT2D eigenvalue weighted by molar-refractivity contribution is -0.144. The van der Waals surface area contributed by atoms with Crippen LogP contribution in [0.25, 0.3) is 0 Å². The molecule has 2 atom stereocenters. The molecule has 0 aliphatic heterocycles. The van der Waals surface area contributed by atoms with Gasteiger partial charge in [-0.05, 0) is 41.8 Å². The summed E-state index contributed by atoms with van der Waals surface area (Å²) in [6, 6.07) is 15.6. The van der Waals surface area contributed by atoms with Gasteiger partial charge in [-0.3, -0.25) is 4.79 Å². The molecule has 30 heavy (non-hydrogen) atoms. The first kappa shape index (κ1) is 23.7. The zero-order valence-electron chi connectivity index (χ0n) is 18.1. The van der Waals surface area contributed by atoms with Crippen molar-refractivity contribution in [3.05, 3.63) is 59.7 Å². The van der Waals surface area contributed by atoms with E-state index in [-0.39, 0.29) is 25.2 Å². The van der Waals surface area contributed by atoms with Crippen LogP contribution < -0.4 is 9.47 Å². The summed E-state index contributed by atoms with van der Waals surface area (Å²) in [7, 11) is 0. The van der Waals surface area contributed by atoms with Crippen LogP contribution in [-0.2, 0) is 14.9 Å². The topological polar surface area (TPSA) is 85.2 Å².